The normalized spacial score (nSPS) is 17.0. The zero-order valence-electron chi connectivity index (χ0n) is 14.3. The minimum Gasteiger partial charge on any atom is -0.332 e. The molecule has 0 unspecified atom stereocenters. The zero-order valence-corrected chi connectivity index (χ0v) is 15.1. The van der Waals surface area contributed by atoms with Gasteiger partial charge in [0.1, 0.15) is 0 Å². The lowest BCUT2D eigenvalue weighted by molar-refractivity contribution is 0.677. The van der Waals surface area contributed by atoms with Crippen molar-refractivity contribution in [1.82, 2.24) is 19.9 Å². The van der Waals surface area contributed by atoms with Gasteiger partial charge in [0.2, 0.25) is 5.95 Å². The molecule has 3 aromatic rings. The summed E-state index contributed by atoms with van der Waals surface area (Å²) in [6.07, 6.45) is 7.64. The first-order valence-corrected chi connectivity index (χ1v) is 9.22. The number of nitrogens with one attached hydrogen (secondary N) is 1. The van der Waals surface area contributed by atoms with Crippen molar-refractivity contribution in [3.63, 3.8) is 0 Å². The lowest BCUT2D eigenvalue weighted by Gasteiger charge is -2.24. The van der Waals surface area contributed by atoms with E-state index < -0.39 is 0 Å². The van der Waals surface area contributed by atoms with E-state index in [0.717, 1.165) is 47.5 Å². The molecule has 1 N–H and O–H groups in total. The molecule has 1 aliphatic rings. The fourth-order valence-electron chi connectivity index (χ4n) is 3.23. The van der Waals surface area contributed by atoms with Crippen LogP contribution >= 0.6 is 11.3 Å². The highest BCUT2D eigenvalue weighted by Crippen LogP contribution is 2.35. The number of thiazole rings is 1. The van der Waals surface area contributed by atoms with E-state index in [4.69, 9.17) is 4.98 Å². The van der Waals surface area contributed by atoms with Gasteiger partial charge in [-0.25, -0.2) is 15.0 Å². The first-order chi connectivity index (χ1) is 12.2. The van der Waals surface area contributed by atoms with Gasteiger partial charge in [-0.2, -0.15) is 0 Å². The Morgan fingerprint density at radius 1 is 1.16 bits per heavy atom. The second-order valence-electron chi connectivity index (χ2n) is 6.22. The molecule has 0 amide bonds. The number of aryl methyl sites for hydroxylation is 2. The van der Waals surface area contributed by atoms with E-state index in [1.165, 1.54) is 4.88 Å². The van der Waals surface area contributed by atoms with Gasteiger partial charge >= 0.3 is 0 Å². The van der Waals surface area contributed by atoms with Crippen molar-refractivity contribution in [3.8, 4) is 0 Å². The molecule has 0 saturated carbocycles. The van der Waals surface area contributed by atoms with Crippen LogP contribution in [0.15, 0.2) is 36.8 Å². The molecule has 0 aliphatic carbocycles. The molecule has 0 aromatic carbocycles. The second-order valence-corrected chi connectivity index (χ2v) is 7.46. The van der Waals surface area contributed by atoms with Crippen LogP contribution in [0, 0.1) is 13.8 Å². The van der Waals surface area contributed by atoms with Crippen molar-refractivity contribution in [1.29, 1.82) is 0 Å². The smallest absolute Gasteiger partial charge is 0.225 e. The van der Waals surface area contributed by atoms with Crippen molar-refractivity contribution in [3.05, 3.63) is 53.1 Å². The quantitative estimate of drug-likeness (QED) is 0.765. The van der Waals surface area contributed by atoms with Crippen LogP contribution in [0.5, 0.6) is 0 Å². The maximum atomic E-state index is 4.78. The van der Waals surface area contributed by atoms with E-state index in [0.29, 0.717) is 0 Å². The molecule has 1 atom stereocenters. The molecule has 4 heterocycles. The molecular weight excluding hydrogens is 332 g/mol. The Morgan fingerprint density at radius 2 is 2.00 bits per heavy atom. The highest BCUT2D eigenvalue weighted by atomic mass is 32.1. The Hall–Kier alpha value is -2.54. The highest BCUT2D eigenvalue weighted by molar-refractivity contribution is 7.15. The van der Waals surface area contributed by atoms with Gasteiger partial charge in [0.05, 0.1) is 11.7 Å². The van der Waals surface area contributed by atoms with Gasteiger partial charge in [-0.1, -0.05) is 0 Å². The number of aromatic nitrogens is 4. The second kappa shape index (κ2) is 6.76. The number of anilines is 3. The van der Waals surface area contributed by atoms with Gasteiger partial charge in [0.25, 0.3) is 0 Å². The van der Waals surface area contributed by atoms with Gasteiger partial charge in [-0.05, 0) is 44.9 Å². The first-order valence-electron chi connectivity index (χ1n) is 8.41. The summed E-state index contributed by atoms with van der Waals surface area (Å²) in [5.74, 6) is 0.776. The number of nitrogens with zero attached hydrogens (tertiary/aromatic N) is 5. The fourth-order valence-corrected chi connectivity index (χ4v) is 3.91. The van der Waals surface area contributed by atoms with E-state index in [-0.39, 0.29) is 6.04 Å². The Balaban J connectivity index is 1.63. The predicted octanol–water partition coefficient (Wildman–Crippen LogP) is 4.03. The van der Waals surface area contributed by atoms with Crippen LogP contribution < -0.4 is 10.2 Å². The zero-order chi connectivity index (χ0) is 17.2. The third-order valence-electron chi connectivity index (χ3n) is 4.25. The molecule has 1 aliphatic heterocycles. The largest absolute Gasteiger partial charge is 0.332 e. The molecule has 4 rings (SSSR count). The third-order valence-corrected chi connectivity index (χ3v) is 5.08. The summed E-state index contributed by atoms with van der Waals surface area (Å²) < 4.78 is 0. The van der Waals surface area contributed by atoms with Crippen LogP contribution in [-0.4, -0.2) is 26.5 Å². The van der Waals surface area contributed by atoms with Gasteiger partial charge in [-0.3, -0.25) is 4.98 Å². The Kier molecular flexibility index (Phi) is 4.31. The molecular formula is C18H20N6S. The number of hydrogen-bond acceptors (Lipinski definition) is 7. The van der Waals surface area contributed by atoms with Gasteiger partial charge in [0, 0.05) is 41.4 Å². The van der Waals surface area contributed by atoms with E-state index in [1.807, 2.05) is 19.2 Å². The summed E-state index contributed by atoms with van der Waals surface area (Å²) >= 11 is 1.65. The van der Waals surface area contributed by atoms with Gasteiger partial charge in [-0.15, -0.1) is 11.3 Å². The molecule has 0 spiro atoms. The number of rotatable bonds is 4. The predicted molar refractivity (Wildman–Crippen MR) is 100 cm³/mol. The van der Waals surface area contributed by atoms with Crippen molar-refractivity contribution in [2.75, 3.05) is 16.8 Å². The lowest BCUT2D eigenvalue weighted by atomic mass is 10.1. The van der Waals surface area contributed by atoms with Crippen LogP contribution in [0.2, 0.25) is 0 Å². The van der Waals surface area contributed by atoms with E-state index in [2.05, 4.69) is 44.2 Å². The Bertz CT molecular complexity index is 863. The Labute approximate surface area is 151 Å². The summed E-state index contributed by atoms with van der Waals surface area (Å²) in [5, 5.41) is 4.31. The summed E-state index contributed by atoms with van der Waals surface area (Å²) in [4.78, 5) is 21.4. The average molecular weight is 352 g/mol. The minimum absolute atomic E-state index is 0.209. The minimum atomic E-state index is 0.209. The van der Waals surface area contributed by atoms with Gasteiger partial charge in [0.15, 0.2) is 5.13 Å². The molecule has 25 heavy (non-hydrogen) atoms. The number of pyridine rings is 1. The highest BCUT2D eigenvalue weighted by Gasteiger charge is 2.29. The molecule has 3 aromatic heterocycles. The summed E-state index contributed by atoms with van der Waals surface area (Å²) in [5.41, 5.74) is 3.08. The van der Waals surface area contributed by atoms with Gasteiger partial charge < -0.3 is 10.2 Å². The van der Waals surface area contributed by atoms with Crippen LogP contribution in [0.3, 0.4) is 0 Å². The molecule has 128 valence electrons. The maximum Gasteiger partial charge on any atom is 0.225 e. The maximum absolute atomic E-state index is 4.78. The van der Waals surface area contributed by atoms with Crippen molar-refractivity contribution < 1.29 is 0 Å². The van der Waals surface area contributed by atoms with Crippen LogP contribution in [0.1, 0.15) is 35.1 Å². The van der Waals surface area contributed by atoms with Crippen LogP contribution in [0.4, 0.5) is 16.8 Å². The third kappa shape index (κ3) is 3.46. The van der Waals surface area contributed by atoms with Crippen molar-refractivity contribution >= 4 is 28.1 Å². The standard InChI is InChI=1S/C18H20N6S/c1-12-9-14(23-18-21-11-13(2)25-18)10-15(22-12)16-5-3-8-24(16)17-19-6-4-7-20-17/h4,6-7,9-11,16H,3,5,8H2,1-2H3,(H,21,22,23)/t16-/m1/s1. The van der Waals surface area contributed by atoms with Crippen molar-refractivity contribution in [2.45, 2.75) is 32.7 Å². The lowest BCUT2D eigenvalue weighted by Crippen LogP contribution is -2.25. The van der Waals surface area contributed by atoms with Crippen LogP contribution in [0.25, 0.3) is 0 Å². The fraction of sp³-hybridized carbons (Fsp3) is 0.333. The summed E-state index contributed by atoms with van der Waals surface area (Å²) in [6, 6.07) is 6.23. The monoisotopic (exact) mass is 352 g/mol. The van der Waals surface area contributed by atoms with E-state index in [1.54, 1.807) is 23.7 Å². The molecule has 6 nitrogen and oxygen atoms in total. The number of hydrogen-bond donors (Lipinski definition) is 1. The van der Waals surface area contributed by atoms with E-state index >= 15 is 0 Å². The molecule has 0 bridgehead atoms. The summed E-state index contributed by atoms with van der Waals surface area (Å²) in [7, 11) is 0. The topological polar surface area (TPSA) is 66.8 Å². The molecule has 7 heteroatoms. The molecule has 1 fully saturated rings. The first kappa shape index (κ1) is 16.0. The molecule has 0 radical (unpaired) electrons. The van der Waals surface area contributed by atoms with Crippen molar-refractivity contribution in [2.24, 2.45) is 0 Å². The average Bonchev–Trinajstić information content (AvgIpc) is 3.24. The van der Waals surface area contributed by atoms with E-state index in [9.17, 15) is 0 Å². The van der Waals surface area contributed by atoms with Crippen LogP contribution in [-0.2, 0) is 0 Å². The molecule has 1 saturated heterocycles. The summed E-state index contributed by atoms with van der Waals surface area (Å²) in [6.45, 7) is 5.04. The Morgan fingerprint density at radius 3 is 2.76 bits per heavy atom. The SMILES string of the molecule is Cc1cc(Nc2ncc(C)s2)cc([C@H]2CCCN2c2ncccn2)n1.